The molecule has 0 unspecified atom stereocenters. The van der Waals surface area contributed by atoms with Crippen molar-refractivity contribution in [1.82, 2.24) is 19.7 Å². The lowest BCUT2D eigenvalue weighted by atomic mass is 9.85. The Labute approximate surface area is 195 Å². The molecule has 0 bridgehead atoms. The highest BCUT2D eigenvalue weighted by atomic mass is 32.2. The van der Waals surface area contributed by atoms with Gasteiger partial charge in [-0.15, -0.1) is 0 Å². The molecule has 2 aliphatic heterocycles. The van der Waals surface area contributed by atoms with Crippen LogP contribution in [0.5, 0.6) is 0 Å². The Bertz CT molecular complexity index is 916. The third-order valence-electron chi connectivity index (χ3n) is 6.79. The summed E-state index contributed by atoms with van der Waals surface area (Å²) >= 11 is 1.85. The third-order valence-corrected chi connectivity index (χ3v) is 7.61. The zero-order valence-corrected chi connectivity index (χ0v) is 19.8. The SMILES string of the molecule is CSC[C@@H](C)N1CCC2(CC1)C(=O)N(Cc1ccccn1)C(=O)N2CCc1ccccc1. The number of hydrogen-bond donors (Lipinski definition) is 0. The predicted octanol–water partition coefficient (Wildman–Crippen LogP) is 3.67. The number of carbonyl (C=O) groups is 2. The van der Waals surface area contributed by atoms with E-state index in [1.807, 2.05) is 53.1 Å². The Morgan fingerprint density at radius 2 is 1.78 bits per heavy atom. The van der Waals surface area contributed by atoms with Crippen molar-refractivity contribution in [3.8, 4) is 0 Å². The maximum Gasteiger partial charge on any atom is 0.328 e. The second kappa shape index (κ2) is 10.0. The van der Waals surface area contributed by atoms with Gasteiger partial charge in [-0.3, -0.25) is 19.6 Å². The predicted molar refractivity (Wildman–Crippen MR) is 128 cm³/mol. The first-order valence-corrected chi connectivity index (χ1v) is 12.7. The van der Waals surface area contributed by atoms with Crippen molar-refractivity contribution in [3.05, 3.63) is 66.0 Å². The van der Waals surface area contributed by atoms with Crippen LogP contribution in [-0.4, -0.2) is 74.8 Å². The van der Waals surface area contributed by atoms with Crippen LogP contribution in [0.1, 0.15) is 31.0 Å². The third kappa shape index (κ3) is 4.55. The van der Waals surface area contributed by atoms with Crippen molar-refractivity contribution in [2.45, 2.75) is 44.3 Å². The van der Waals surface area contributed by atoms with E-state index in [0.717, 1.165) is 31.0 Å². The molecule has 4 rings (SSSR count). The van der Waals surface area contributed by atoms with Gasteiger partial charge in [0.25, 0.3) is 5.91 Å². The molecule has 6 nitrogen and oxygen atoms in total. The van der Waals surface area contributed by atoms with Crippen LogP contribution in [0.25, 0.3) is 0 Å². The standard InChI is InChI=1S/C25H32N4O2S/c1-20(19-32-2)27-16-12-25(13-17-27)23(30)28(18-22-10-6-7-14-26-22)24(31)29(25)15-11-21-8-4-3-5-9-21/h3-10,14,20H,11-13,15-19H2,1-2H3/t20-/m1/s1. The molecule has 32 heavy (non-hydrogen) atoms. The summed E-state index contributed by atoms with van der Waals surface area (Å²) in [6.45, 7) is 4.69. The number of pyridine rings is 1. The Hall–Kier alpha value is -2.38. The van der Waals surface area contributed by atoms with E-state index in [4.69, 9.17) is 0 Å². The smallest absolute Gasteiger partial charge is 0.309 e. The number of piperidine rings is 1. The van der Waals surface area contributed by atoms with Gasteiger partial charge in [0.2, 0.25) is 0 Å². The fraction of sp³-hybridized carbons (Fsp3) is 0.480. The number of urea groups is 1. The van der Waals surface area contributed by atoms with E-state index in [1.165, 1.54) is 10.5 Å². The topological polar surface area (TPSA) is 56.8 Å². The van der Waals surface area contributed by atoms with Gasteiger partial charge in [-0.25, -0.2) is 4.79 Å². The van der Waals surface area contributed by atoms with Gasteiger partial charge >= 0.3 is 6.03 Å². The van der Waals surface area contributed by atoms with Crippen molar-refractivity contribution < 1.29 is 9.59 Å². The van der Waals surface area contributed by atoms with Crippen molar-refractivity contribution in [1.29, 1.82) is 0 Å². The van der Waals surface area contributed by atoms with Gasteiger partial charge in [0.05, 0.1) is 12.2 Å². The van der Waals surface area contributed by atoms with E-state index in [1.54, 1.807) is 6.20 Å². The van der Waals surface area contributed by atoms with E-state index >= 15 is 0 Å². The van der Waals surface area contributed by atoms with Crippen LogP contribution in [0.3, 0.4) is 0 Å². The van der Waals surface area contributed by atoms with E-state index in [0.29, 0.717) is 25.4 Å². The minimum atomic E-state index is -0.740. The zero-order valence-electron chi connectivity index (χ0n) is 18.9. The van der Waals surface area contributed by atoms with E-state index in [9.17, 15) is 9.59 Å². The van der Waals surface area contributed by atoms with Gasteiger partial charge in [-0.1, -0.05) is 36.4 Å². The molecule has 2 aromatic rings. The van der Waals surface area contributed by atoms with Gasteiger partial charge < -0.3 is 4.90 Å². The highest BCUT2D eigenvalue weighted by Crippen LogP contribution is 2.38. The van der Waals surface area contributed by atoms with Crippen LogP contribution >= 0.6 is 11.8 Å². The maximum atomic E-state index is 13.7. The van der Waals surface area contributed by atoms with E-state index in [2.05, 4.69) is 35.2 Å². The molecule has 1 spiro atoms. The number of imide groups is 1. The number of amides is 3. The normalized spacial score (nSPS) is 19.7. The fourth-order valence-corrected chi connectivity index (χ4v) is 5.63. The number of hydrogen-bond acceptors (Lipinski definition) is 5. The zero-order chi connectivity index (χ0) is 22.6. The second-order valence-corrected chi connectivity index (χ2v) is 9.66. The first kappa shape index (κ1) is 22.8. The Morgan fingerprint density at radius 3 is 2.44 bits per heavy atom. The summed E-state index contributed by atoms with van der Waals surface area (Å²) in [5.41, 5.74) is 1.17. The van der Waals surface area contributed by atoms with Crippen LogP contribution in [0.2, 0.25) is 0 Å². The quantitative estimate of drug-likeness (QED) is 0.572. The van der Waals surface area contributed by atoms with Crippen LogP contribution in [0.4, 0.5) is 4.79 Å². The number of aromatic nitrogens is 1. The van der Waals surface area contributed by atoms with Gasteiger partial charge in [-0.2, -0.15) is 11.8 Å². The summed E-state index contributed by atoms with van der Waals surface area (Å²) in [6.07, 6.45) is 5.94. The van der Waals surface area contributed by atoms with E-state index in [-0.39, 0.29) is 18.5 Å². The number of carbonyl (C=O) groups excluding carboxylic acids is 2. The summed E-state index contributed by atoms with van der Waals surface area (Å²) in [4.78, 5) is 37.3. The molecule has 3 amide bonds. The summed E-state index contributed by atoms with van der Waals surface area (Å²) in [5.74, 6) is 1.02. The molecule has 0 saturated carbocycles. The Kier molecular flexibility index (Phi) is 7.16. The van der Waals surface area contributed by atoms with Crippen LogP contribution < -0.4 is 0 Å². The molecular weight excluding hydrogens is 420 g/mol. The van der Waals surface area contributed by atoms with Crippen LogP contribution in [0.15, 0.2) is 54.7 Å². The number of rotatable bonds is 8. The monoisotopic (exact) mass is 452 g/mol. The summed E-state index contributed by atoms with van der Waals surface area (Å²) in [5, 5.41) is 0. The van der Waals surface area contributed by atoms with Gasteiger partial charge in [0, 0.05) is 37.6 Å². The van der Waals surface area contributed by atoms with Crippen molar-refractivity contribution >= 4 is 23.7 Å². The molecule has 3 heterocycles. The molecule has 1 aromatic carbocycles. The summed E-state index contributed by atoms with van der Waals surface area (Å²) in [7, 11) is 0. The lowest BCUT2D eigenvalue weighted by molar-refractivity contribution is -0.136. The highest BCUT2D eigenvalue weighted by Gasteiger charge is 2.57. The number of thioether (sulfide) groups is 1. The van der Waals surface area contributed by atoms with Crippen molar-refractivity contribution in [2.75, 3.05) is 31.6 Å². The molecule has 0 N–H and O–H groups in total. The van der Waals surface area contributed by atoms with Crippen LogP contribution in [0, 0.1) is 0 Å². The van der Waals surface area contributed by atoms with Gasteiger partial charge in [0.15, 0.2) is 0 Å². The number of benzene rings is 1. The first-order valence-electron chi connectivity index (χ1n) is 11.4. The molecule has 0 aliphatic carbocycles. The molecule has 0 radical (unpaired) electrons. The van der Waals surface area contributed by atoms with Crippen LogP contribution in [-0.2, 0) is 17.8 Å². The lowest BCUT2D eigenvalue weighted by Gasteiger charge is -2.44. The largest absolute Gasteiger partial charge is 0.328 e. The molecule has 2 fully saturated rings. The minimum absolute atomic E-state index is 0.0571. The number of likely N-dealkylation sites (tertiary alicyclic amines) is 1. The highest BCUT2D eigenvalue weighted by molar-refractivity contribution is 7.98. The van der Waals surface area contributed by atoms with E-state index < -0.39 is 5.54 Å². The molecule has 1 atom stereocenters. The maximum absolute atomic E-state index is 13.7. The number of nitrogens with zero attached hydrogens (tertiary/aromatic N) is 4. The van der Waals surface area contributed by atoms with Crippen molar-refractivity contribution in [3.63, 3.8) is 0 Å². The minimum Gasteiger partial charge on any atom is -0.309 e. The summed E-state index contributed by atoms with van der Waals surface area (Å²) in [6, 6.07) is 16.1. The summed E-state index contributed by atoms with van der Waals surface area (Å²) < 4.78 is 0. The van der Waals surface area contributed by atoms with Gasteiger partial charge in [0.1, 0.15) is 5.54 Å². The Morgan fingerprint density at radius 1 is 1.06 bits per heavy atom. The molecular formula is C25H32N4O2S. The average Bonchev–Trinajstić information content (AvgIpc) is 3.01. The first-order chi connectivity index (χ1) is 15.5. The van der Waals surface area contributed by atoms with Gasteiger partial charge in [-0.05, 0) is 50.1 Å². The molecule has 2 saturated heterocycles. The second-order valence-electron chi connectivity index (χ2n) is 8.75. The average molecular weight is 453 g/mol. The molecule has 2 aliphatic rings. The molecule has 7 heteroatoms. The molecule has 1 aromatic heterocycles. The molecule has 170 valence electrons. The van der Waals surface area contributed by atoms with Crippen molar-refractivity contribution in [2.24, 2.45) is 0 Å². The Balaban J connectivity index is 1.56. The lowest BCUT2D eigenvalue weighted by Crippen LogP contribution is -2.58. The fourth-order valence-electron chi connectivity index (χ4n) is 4.94.